The quantitative estimate of drug-likeness (QED) is 0.657. The van der Waals surface area contributed by atoms with E-state index in [9.17, 15) is 0 Å². The minimum absolute atomic E-state index is 0.254. The second-order valence-electron chi connectivity index (χ2n) is 4.28. The van der Waals surface area contributed by atoms with E-state index < -0.39 is 0 Å². The monoisotopic (exact) mass is 184 g/mol. The minimum atomic E-state index is 0.254. The highest BCUT2D eigenvalue weighted by atomic mass is 16.5. The molecule has 2 fully saturated rings. The number of hydrogen-bond acceptors (Lipinski definition) is 3. The molecular formula is C10H20N2O. The Morgan fingerprint density at radius 2 is 2.15 bits per heavy atom. The molecule has 1 atom stereocenters. The summed E-state index contributed by atoms with van der Waals surface area (Å²) in [6.07, 6.45) is 4.91. The van der Waals surface area contributed by atoms with Crippen molar-refractivity contribution >= 4 is 0 Å². The number of nitrogens with two attached hydrogens (primary N) is 1. The van der Waals surface area contributed by atoms with Crippen LogP contribution >= 0.6 is 0 Å². The molecule has 0 bridgehead atoms. The van der Waals surface area contributed by atoms with Gasteiger partial charge in [0.1, 0.15) is 0 Å². The highest BCUT2D eigenvalue weighted by Gasteiger charge is 2.40. The maximum Gasteiger partial charge on any atom is 0.0469 e. The predicted molar refractivity (Wildman–Crippen MR) is 52.6 cm³/mol. The fourth-order valence-electron chi connectivity index (χ4n) is 2.77. The maximum absolute atomic E-state index is 5.90. The SMILES string of the molecule is NCC1(C2CCOCC2)CCCN1. The van der Waals surface area contributed by atoms with Crippen LogP contribution in [0.25, 0.3) is 0 Å². The lowest BCUT2D eigenvalue weighted by Gasteiger charge is -2.39. The van der Waals surface area contributed by atoms with E-state index in [1.165, 1.54) is 25.7 Å². The van der Waals surface area contributed by atoms with Gasteiger partial charge in [-0.05, 0) is 38.1 Å². The first kappa shape index (κ1) is 9.44. The van der Waals surface area contributed by atoms with Gasteiger partial charge in [0.15, 0.2) is 0 Å². The van der Waals surface area contributed by atoms with Gasteiger partial charge in [0.2, 0.25) is 0 Å². The molecule has 0 saturated carbocycles. The molecule has 3 N–H and O–H groups in total. The van der Waals surface area contributed by atoms with Crippen molar-refractivity contribution in [2.24, 2.45) is 11.7 Å². The molecule has 0 radical (unpaired) electrons. The van der Waals surface area contributed by atoms with Gasteiger partial charge in [0.05, 0.1) is 0 Å². The summed E-state index contributed by atoms with van der Waals surface area (Å²) in [4.78, 5) is 0. The molecule has 3 heteroatoms. The predicted octanol–water partition coefficient (Wildman–Crippen LogP) is 0.494. The Morgan fingerprint density at radius 1 is 1.38 bits per heavy atom. The summed E-state index contributed by atoms with van der Waals surface area (Å²) in [5, 5.41) is 3.61. The first-order valence-corrected chi connectivity index (χ1v) is 5.40. The summed E-state index contributed by atoms with van der Waals surface area (Å²) in [5.74, 6) is 0.744. The molecule has 0 amide bonds. The molecule has 1 unspecified atom stereocenters. The Labute approximate surface area is 80.0 Å². The topological polar surface area (TPSA) is 47.3 Å². The lowest BCUT2D eigenvalue weighted by molar-refractivity contribution is 0.0349. The van der Waals surface area contributed by atoms with Crippen LogP contribution in [0.4, 0.5) is 0 Å². The smallest absolute Gasteiger partial charge is 0.0469 e. The molecule has 2 aliphatic rings. The highest BCUT2D eigenvalue weighted by Crippen LogP contribution is 2.33. The van der Waals surface area contributed by atoms with Gasteiger partial charge < -0.3 is 15.8 Å². The Morgan fingerprint density at radius 3 is 2.69 bits per heavy atom. The van der Waals surface area contributed by atoms with Crippen LogP contribution in [-0.2, 0) is 4.74 Å². The van der Waals surface area contributed by atoms with Crippen LogP contribution in [0.3, 0.4) is 0 Å². The first-order chi connectivity index (χ1) is 6.37. The fraction of sp³-hybridized carbons (Fsp3) is 1.00. The average molecular weight is 184 g/mol. The number of rotatable bonds is 2. The number of ether oxygens (including phenoxy) is 1. The van der Waals surface area contributed by atoms with Crippen molar-refractivity contribution in [3.8, 4) is 0 Å². The second-order valence-corrected chi connectivity index (χ2v) is 4.28. The van der Waals surface area contributed by atoms with E-state index in [-0.39, 0.29) is 5.54 Å². The molecule has 0 aromatic rings. The second kappa shape index (κ2) is 3.95. The Kier molecular flexibility index (Phi) is 2.86. The van der Waals surface area contributed by atoms with Crippen molar-refractivity contribution in [3.63, 3.8) is 0 Å². The van der Waals surface area contributed by atoms with Crippen LogP contribution in [-0.4, -0.2) is 31.8 Å². The van der Waals surface area contributed by atoms with E-state index in [1.807, 2.05) is 0 Å². The zero-order valence-corrected chi connectivity index (χ0v) is 8.22. The van der Waals surface area contributed by atoms with Crippen molar-refractivity contribution in [3.05, 3.63) is 0 Å². The first-order valence-electron chi connectivity index (χ1n) is 5.40. The highest BCUT2D eigenvalue weighted by molar-refractivity contribution is 4.99. The van der Waals surface area contributed by atoms with Crippen molar-refractivity contribution in [1.82, 2.24) is 5.32 Å². The van der Waals surface area contributed by atoms with Crippen LogP contribution in [0, 0.1) is 5.92 Å². The van der Waals surface area contributed by atoms with Crippen LogP contribution < -0.4 is 11.1 Å². The zero-order chi connectivity index (χ0) is 9.15. The molecule has 0 aromatic carbocycles. The van der Waals surface area contributed by atoms with Crippen molar-refractivity contribution < 1.29 is 4.74 Å². The molecule has 0 aliphatic carbocycles. The lowest BCUT2D eigenvalue weighted by Crippen LogP contribution is -2.54. The number of nitrogens with one attached hydrogen (secondary N) is 1. The van der Waals surface area contributed by atoms with Crippen LogP contribution in [0.15, 0.2) is 0 Å². The van der Waals surface area contributed by atoms with Gasteiger partial charge in [0.25, 0.3) is 0 Å². The molecule has 0 aromatic heterocycles. The van der Waals surface area contributed by atoms with Crippen LogP contribution in [0.1, 0.15) is 25.7 Å². The van der Waals surface area contributed by atoms with Crippen molar-refractivity contribution in [1.29, 1.82) is 0 Å². The number of hydrogen-bond donors (Lipinski definition) is 2. The molecule has 3 nitrogen and oxygen atoms in total. The Hall–Kier alpha value is -0.120. The standard InChI is InChI=1S/C10H20N2O/c11-8-10(4-1-5-12-10)9-2-6-13-7-3-9/h9,12H,1-8,11H2. The van der Waals surface area contributed by atoms with Gasteiger partial charge in [0, 0.05) is 25.3 Å². The van der Waals surface area contributed by atoms with Gasteiger partial charge in [-0.3, -0.25) is 0 Å². The summed E-state index contributed by atoms with van der Waals surface area (Å²) in [6, 6.07) is 0. The molecule has 2 rings (SSSR count). The summed E-state index contributed by atoms with van der Waals surface area (Å²) >= 11 is 0. The Balaban J connectivity index is 2.01. The fourth-order valence-corrected chi connectivity index (χ4v) is 2.77. The summed E-state index contributed by atoms with van der Waals surface area (Å²) in [5.41, 5.74) is 6.15. The third-order valence-electron chi connectivity index (χ3n) is 3.64. The molecule has 76 valence electrons. The molecular weight excluding hydrogens is 164 g/mol. The van der Waals surface area contributed by atoms with E-state index in [1.54, 1.807) is 0 Å². The van der Waals surface area contributed by atoms with E-state index in [0.717, 1.165) is 32.2 Å². The summed E-state index contributed by atoms with van der Waals surface area (Å²) in [7, 11) is 0. The third-order valence-corrected chi connectivity index (χ3v) is 3.64. The molecule has 2 saturated heterocycles. The van der Waals surface area contributed by atoms with Gasteiger partial charge in [-0.15, -0.1) is 0 Å². The largest absolute Gasteiger partial charge is 0.381 e. The average Bonchev–Trinajstić information content (AvgIpc) is 2.69. The van der Waals surface area contributed by atoms with E-state index >= 15 is 0 Å². The van der Waals surface area contributed by atoms with Crippen LogP contribution in [0.2, 0.25) is 0 Å². The molecule has 2 heterocycles. The van der Waals surface area contributed by atoms with E-state index in [4.69, 9.17) is 10.5 Å². The normalized spacial score (nSPS) is 36.7. The van der Waals surface area contributed by atoms with Crippen LogP contribution in [0.5, 0.6) is 0 Å². The van der Waals surface area contributed by atoms with E-state index in [2.05, 4.69) is 5.32 Å². The molecule has 13 heavy (non-hydrogen) atoms. The molecule has 2 aliphatic heterocycles. The van der Waals surface area contributed by atoms with Crippen molar-refractivity contribution in [2.75, 3.05) is 26.3 Å². The zero-order valence-electron chi connectivity index (χ0n) is 8.22. The van der Waals surface area contributed by atoms with E-state index in [0.29, 0.717) is 0 Å². The van der Waals surface area contributed by atoms with Gasteiger partial charge in [-0.25, -0.2) is 0 Å². The lowest BCUT2D eigenvalue weighted by atomic mass is 9.78. The van der Waals surface area contributed by atoms with Gasteiger partial charge >= 0.3 is 0 Å². The van der Waals surface area contributed by atoms with Crippen molar-refractivity contribution in [2.45, 2.75) is 31.2 Å². The molecule has 0 spiro atoms. The third kappa shape index (κ3) is 1.73. The van der Waals surface area contributed by atoms with Gasteiger partial charge in [-0.1, -0.05) is 0 Å². The minimum Gasteiger partial charge on any atom is -0.381 e. The summed E-state index contributed by atoms with van der Waals surface area (Å²) in [6.45, 7) is 3.79. The van der Waals surface area contributed by atoms with Gasteiger partial charge in [-0.2, -0.15) is 0 Å². The maximum atomic E-state index is 5.90. The Bertz CT molecular complexity index is 160. The summed E-state index contributed by atoms with van der Waals surface area (Å²) < 4.78 is 5.38.